The topological polar surface area (TPSA) is 42.0 Å². The monoisotopic (exact) mass is 316 g/mol. The number of hydrogen-bond acceptors (Lipinski definition) is 3. The molecule has 3 heteroatoms. The number of carbonyl (C=O) groups is 1. The highest BCUT2D eigenvalue weighted by Crippen LogP contribution is 2.33. The van der Waals surface area contributed by atoms with E-state index in [-0.39, 0.29) is 5.78 Å². The van der Waals surface area contributed by atoms with E-state index < -0.39 is 0 Å². The summed E-state index contributed by atoms with van der Waals surface area (Å²) < 4.78 is 0. The molecule has 3 nitrogen and oxygen atoms in total. The molecule has 1 aliphatic carbocycles. The van der Waals surface area contributed by atoms with Crippen LogP contribution in [0, 0.1) is 6.92 Å². The minimum Gasteiger partial charge on any atom is -0.380 e. The average Bonchev–Trinajstić information content (AvgIpc) is 2.60. The second-order valence-corrected chi connectivity index (χ2v) is 6.44. The number of benzene rings is 2. The smallest absolute Gasteiger partial charge is 0.166 e. The number of ketones is 1. The van der Waals surface area contributed by atoms with E-state index in [1.54, 1.807) is 0 Å². The number of hydrogen-bond donors (Lipinski definition) is 1. The summed E-state index contributed by atoms with van der Waals surface area (Å²) in [6.07, 6.45) is 2.39. The van der Waals surface area contributed by atoms with Crippen LogP contribution < -0.4 is 5.32 Å². The minimum atomic E-state index is 0.209. The van der Waals surface area contributed by atoms with Crippen LogP contribution >= 0.6 is 0 Å². The Morgan fingerprint density at radius 3 is 2.67 bits per heavy atom. The van der Waals surface area contributed by atoms with Gasteiger partial charge in [0.1, 0.15) is 0 Å². The number of anilines is 1. The molecule has 0 unspecified atom stereocenters. The molecule has 3 aromatic rings. The highest BCUT2D eigenvalue weighted by molar-refractivity contribution is 6.09. The zero-order valence-electron chi connectivity index (χ0n) is 13.8. The first kappa shape index (κ1) is 14.9. The third kappa shape index (κ3) is 2.67. The maximum absolute atomic E-state index is 12.5. The molecule has 0 aliphatic heterocycles. The van der Waals surface area contributed by atoms with Crippen molar-refractivity contribution in [3.8, 4) is 0 Å². The summed E-state index contributed by atoms with van der Waals surface area (Å²) in [5.41, 5.74) is 6.10. The molecule has 0 bridgehead atoms. The largest absolute Gasteiger partial charge is 0.380 e. The van der Waals surface area contributed by atoms with Crippen LogP contribution in [0.15, 0.2) is 48.5 Å². The van der Waals surface area contributed by atoms with E-state index in [1.807, 2.05) is 24.3 Å². The van der Waals surface area contributed by atoms with Gasteiger partial charge in [0.05, 0.1) is 22.5 Å². The Kier molecular flexibility index (Phi) is 3.77. The summed E-state index contributed by atoms with van der Waals surface area (Å²) in [5.74, 6) is 0.209. The van der Waals surface area contributed by atoms with Gasteiger partial charge >= 0.3 is 0 Å². The van der Waals surface area contributed by atoms with Crippen LogP contribution in [0.3, 0.4) is 0 Å². The number of pyridine rings is 1. The van der Waals surface area contributed by atoms with Crippen LogP contribution in [0.25, 0.3) is 10.9 Å². The molecule has 0 fully saturated rings. The SMILES string of the molecule is Cc1ccc(CNc2c3c(nc4ccccc24)CCCC3=O)cc1. The summed E-state index contributed by atoms with van der Waals surface area (Å²) in [5, 5.41) is 4.55. The summed E-state index contributed by atoms with van der Waals surface area (Å²) in [7, 11) is 0. The van der Waals surface area contributed by atoms with Crippen LogP contribution in [0.1, 0.15) is 40.0 Å². The molecule has 120 valence electrons. The zero-order valence-corrected chi connectivity index (χ0v) is 13.8. The molecular formula is C21H20N2O. The fourth-order valence-corrected chi connectivity index (χ4v) is 3.37. The molecule has 4 rings (SSSR count). The number of para-hydroxylation sites is 1. The van der Waals surface area contributed by atoms with E-state index >= 15 is 0 Å². The molecule has 0 atom stereocenters. The molecule has 1 aliphatic rings. The Labute approximate surface area is 141 Å². The number of nitrogens with zero attached hydrogens (tertiary/aromatic N) is 1. The van der Waals surface area contributed by atoms with Gasteiger partial charge in [-0.2, -0.15) is 0 Å². The molecule has 24 heavy (non-hydrogen) atoms. The van der Waals surface area contributed by atoms with Crippen LogP contribution in [0.5, 0.6) is 0 Å². The van der Waals surface area contributed by atoms with Gasteiger partial charge in [-0.25, -0.2) is 0 Å². The van der Waals surface area contributed by atoms with Crippen molar-refractivity contribution < 1.29 is 4.79 Å². The highest BCUT2D eigenvalue weighted by Gasteiger charge is 2.24. The normalized spacial score (nSPS) is 13.8. The third-order valence-electron chi connectivity index (χ3n) is 4.65. The van der Waals surface area contributed by atoms with Crippen molar-refractivity contribution in [1.29, 1.82) is 0 Å². The number of fused-ring (bicyclic) bond motifs is 2. The second kappa shape index (κ2) is 6.08. The number of aryl methyl sites for hydroxylation is 2. The van der Waals surface area contributed by atoms with Gasteiger partial charge in [0.15, 0.2) is 5.78 Å². The van der Waals surface area contributed by atoms with Crippen LogP contribution in [0.4, 0.5) is 5.69 Å². The van der Waals surface area contributed by atoms with E-state index in [0.717, 1.165) is 40.7 Å². The van der Waals surface area contributed by atoms with E-state index in [9.17, 15) is 4.79 Å². The van der Waals surface area contributed by atoms with Crippen molar-refractivity contribution in [3.05, 3.63) is 70.9 Å². The number of Topliss-reactive ketones (excluding diaryl/α,β-unsaturated/α-hetero) is 1. The maximum Gasteiger partial charge on any atom is 0.166 e. The Hall–Kier alpha value is -2.68. The van der Waals surface area contributed by atoms with Gasteiger partial charge in [0.2, 0.25) is 0 Å². The van der Waals surface area contributed by atoms with Crippen LogP contribution in [-0.2, 0) is 13.0 Å². The molecule has 0 amide bonds. The fourth-order valence-electron chi connectivity index (χ4n) is 3.37. The lowest BCUT2D eigenvalue weighted by molar-refractivity contribution is 0.0972. The molecule has 0 spiro atoms. The molecular weight excluding hydrogens is 296 g/mol. The summed E-state index contributed by atoms with van der Waals surface area (Å²) in [6.45, 7) is 2.79. The first-order chi connectivity index (χ1) is 11.7. The lowest BCUT2D eigenvalue weighted by Gasteiger charge is -2.21. The van der Waals surface area contributed by atoms with Crippen LogP contribution in [-0.4, -0.2) is 10.8 Å². The molecule has 0 radical (unpaired) electrons. The Bertz CT molecular complexity index is 913. The molecule has 0 saturated carbocycles. The van der Waals surface area contributed by atoms with Crippen LogP contribution in [0.2, 0.25) is 0 Å². The number of rotatable bonds is 3. The Morgan fingerprint density at radius 1 is 1.04 bits per heavy atom. The predicted octanol–water partition coefficient (Wildman–Crippen LogP) is 4.67. The van der Waals surface area contributed by atoms with Gasteiger partial charge in [-0.15, -0.1) is 0 Å². The predicted molar refractivity (Wildman–Crippen MR) is 97.5 cm³/mol. The fraction of sp³-hybridized carbons (Fsp3) is 0.238. The lowest BCUT2D eigenvalue weighted by atomic mass is 9.91. The number of carbonyl (C=O) groups excluding carboxylic acids is 1. The summed E-state index contributed by atoms with van der Waals surface area (Å²) in [4.78, 5) is 17.3. The molecule has 1 aromatic heterocycles. The van der Waals surface area contributed by atoms with Gasteiger partial charge in [-0.3, -0.25) is 9.78 Å². The van der Waals surface area contributed by atoms with Crippen molar-refractivity contribution in [3.63, 3.8) is 0 Å². The van der Waals surface area contributed by atoms with Crippen molar-refractivity contribution >= 4 is 22.4 Å². The van der Waals surface area contributed by atoms with Gasteiger partial charge < -0.3 is 5.32 Å². The van der Waals surface area contributed by atoms with E-state index in [1.165, 1.54) is 11.1 Å². The quantitative estimate of drug-likeness (QED) is 0.763. The highest BCUT2D eigenvalue weighted by atomic mass is 16.1. The van der Waals surface area contributed by atoms with Crippen molar-refractivity contribution in [2.45, 2.75) is 32.7 Å². The van der Waals surface area contributed by atoms with Gasteiger partial charge in [-0.05, 0) is 31.4 Å². The van der Waals surface area contributed by atoms with Gasteiger partial charge in [0, 0.05) is 18.4 Å². The zero-order chi connectivity index (χ0) is 16.5. The van der Waals surface area contributed by atoms with Crippen molar-refractivity contribution in [2.75, 3.05) is 5.32 Å². The Morgan fingerprint density at radius 2 is 1.83 bits per heavy atom. The van der Waals surface area contributed by atoms with Gasteiger partial charge in [-0.1, -0.05) is 48.0 Å². The number of aromatic nitrogens is 1. The molecule has 2 aromatic carbocycles. The first-order valence-corrected chi connectivity index (χ1v) is 8.46. The molecule has 1 N–H and O–H groups in total. The minimum absolute atomic E-state index is 0.209. The maximum atomic E-state index is 12.5. The standard InChI is InChI=1S/C21H20N2O/c1-14-9-11-15(12-10-14)13-22-21-16-5-2-3-6-17(16)23-18-7-4-8-19(24)20(18)21/h2-3,5-6,9-12H,4,7-8,13H2,1H3,(H,22,23). The summed E-state index contributed by atoms with van der Waals surface area (Å²) >= 11 is 0. The Balaban J connectivity index is 1.78. The van der Waals surface area contributed by atoms with E-state index in [2.05, 4.69) is 36.5 Å². The van der Waals surface area contributed by atoms with E-state index in [4.69, 9.17) is 4.98 Å². The van der Waals surface area contributed by atoms with Crippen molar-refractivity contribution in [1.82, 2.24) is 4.98 Å². The average molecular weight is 316 g/mol. The van der Waals surface area contributed by atoms with E-state index in [0.29, 0.717) is 13.0 Å². The first-order valence-electron chi connectivity index (χ1n) is 8.46. The molecule has 0 saturated heterocycles. The number of nitrogens with one attached hydrogen (secondary N) is 1. The molecule has 1 heterocycles. The summed E-state index contributed by atoms with van der Waals surface area (Å²) in [6, 6.07) is 16.5. The third-order valence-corrected chi connectivity index (χ3v) is 4.65. The lowest BCUT2D eigenvalue weighted by Crippen LogP contribution is -2.16. The second-order valence-electron chi connectivity index (χ2n) is 6.44. The van der Waals surface area contributed by atoms with Gasteiger partial charge in [0.25, 0.3) is 0 Å². The van der Waals surface area contributed by atoms with Crippen molar-refractivity contribution in [2.24, 2.45) is 0 Å².